The van der Waals surface area contributed by atoms with Gasteiger partial charge in [0.05, 0.1) is 0 Å². The van der Waals surface area contributed by atoms with Gasteiger partial charge in [0.1, 0.15) is 0 Å². The summed E-state index contributed by atoms with van der Waals surface area (Å²) in [5.74, 6) is 0. The first-order chi connectivity index (χ1) is 8.88. The maximum atomic E-state index is 9.34. The van der Waals surface area contributed by atoms with Crippen LogP contribution in [-0.2, 0) is 5.41 Å². The predicted molar refractivity (Wildman–Crippen MR) is 80.6 cm³/mol. The van der Waals surface area contributed by atoms with E-state index in [1.807, 2.05) is 0 Å². The summed E-state index contributed by atoms with van der Waals surface area (Å²) in [7, 11) is 0. The number of rotatable bonds is 6. The molecule has 106 valence electrons. The van der Waals surface area contributed by atoms with Crippen molar-refractivity contribution in [3.63, 3.8) is 0 Å². The van der Waals surface area contributed by atoms with Gasteiger partial charge in [-0.15, -0.1) is 0 Å². The highest BCUT2D eigenvalue weighted by Gasteiger charge is 2.41. The molecule has 0 amide bonds. The fourth-order valence-corrected chi connectivity index (χ4v) is 2.77. The monoisotopic (exact) mass is 261 g/mol. The van der Waals surface area contributed by atoms with Crippen LogP contribution >= 0.6 is 0 Å². The minimum Gasteiger partial charge on any atom is -0.396 e. The molecule has 2 N–H and O–H groups in total. The molecule has 1 aliphatic rings. The summed E-state index contributed by atoms with van der Waals surface area (Å²) in [4.78, 5) is 0. The SMILES string of the molecule is Cc1ccc(C)c(C(C)(C)CNCC2(CO)CC2)c1. The van der Waals surface area contributed by atoms with Crippen molar-refractivity contribution in [3.05, 3.63) is 34.9 Å². The molecule has 0 bridgehead atoms. The summed E-state index contributed by atoms with van der Waals surface area (Å²) < 4.78 is 0. The third-order valence-corrected chi connectivity index (χ3v) is 4.48. The van der Waals surface area contributed by atoms with Gasteiger partial charge >= 0.3 is 0 Å². The highest BCUT2D eigenvalue weighted by atomic mass is 16.3. The van der Waals surface area contributed by atoms with Crippen LogP contribution in [0.5, 0.6) is 0 Å². The maximum absolute atomic E-state index is 9.34. The summed E-state index contributed by atoms with van der Waals surface area (Å²) in [5, 5.41) is 12.9. The Bertz CT molecular complexity index is 447. The quantitative estimate of drug-likeness (QED) is 0.825. The van der Waals surface area contributed by atoms with Gasteiger partial charge in [-0.05, 0) is 37.8 Å². The van der Waals surface area contributed by atoms with Gasteiger partial charge in [0.25, 0.3) is 0 Å². The van der Waals surface area contributed by atoms with Crippen LogP contribution in [0.25, 0.3) is 0 Å². The molecule has 1 aliphatic carbocycles. The Morgan fingerprint density at radius 1 is 1.26 bits per heavy atom. The Morgan fingerprint density at radius 2 is 1.95 bits per heavy atom. The van der Waals surface area contributed by atoms with Gasteiger partial charge < -0.3 is 10.4 Å². The van der Waals surface area contributed by atoms with Gasteiger partial charge in [0, 0.05) is 30.5 Å². The summed E-state index contributed by atoms with van der Waals surface area (Å²) >= 11 is 0. The Hall–Kier alpha value is -0.860. The highest BCUT2D eigenvalue weighted by molar-refractivity contribution is 5.36. The summed E-state index contributed by atoms with van der Waals surface area (Å²) in [6.07, 6.45) is 2.33. The van der Waals surface area contributed by atoms with Crippen molar-refractivity contribution in [1.82, 2.24) is 5.32 Å². The number of aliphatic hydroxyl groups excluding tert-OH is 1. The van der Waals surface area contributed by atoms with Gasteiger partial charge in [-0.3, -0.25) is 0 Å². The van der Waals surface area contributed by atoms with Crippen LogP contribution in [0, 0.1) is 19.3 Å². The largest absolute Gasteiger partial charge is 0.396 e. The lowest BCUT2D eigenvalue weighted by Gasteiger charge is -2.29. The number of hydrogen-bond acceptors (Lipinski definition) is 2. The van der Waals surface area contributed by atoms with Gasteiger partial charge in [-0.2, -0.15) is 0 Å². The molecule has 2 nitrogen and oxygen atoms in total. The van der Waals surface area contributed by atoms with Crippen LogP contribution in [0.3, 0.4) is 0 Å². The van der Waals surface area contributed by atoms with Crippen LogP contribution in [-0.4, -0.2) is 24.8 Å². The normalized spacial score (nSPS) is 17.5. The number of nitrogens with one attached hydrogen (secondary N) is 1. The molecule has 2 rings (SSSR count). The topological polar surface area (TPSA) is 32.3 Å². The molecular formula is C17H27NO. The average molecular weight is 261 g/mol. The molecule has 1 fully saturated rings. The van der Waals surface area contributed by atoms with Crippen molar-refractivity contribution in [1.29, 1.82) is 0 Å². The van der Waals surface area contributed by atoms with E-state index in [1.54, 1.807) is 0 Å². The van der Waals surface area contributed by atoms with Gasteiger partial charge in [-0.1, -0.05) is 37.6 Å². The molecule has 1 aromatic rings. The molecule has 0 heterocycles. The van der Waals surface area contributed by atoms with Crippen molar-refractivity contribution in [3.8, 4) is 0 Å². The molecule has 0 unspecified atom stereocenters. The molecular weight excluding hydrogens is 234 g/mol. The van der Waals surface area contributed by atoms with E-state index >= 15 is 0 Å². The molecule has 0 spiro atoms. The zero-order valence-electron chi connectivity index (χ0n) is 12.7. The van der Waals surface area contributed by atoms with Crippen LogP contribution in [0.15, 0.2) is 18.2 Å². The second-order valence-corrected chi connectivity index (χ2v) is 6.96. The number of aryl methyl sites for hydroxylation is 2. The lowest BCUT2D eigenvalue weighted by Crippen LogP contribution is -2.37. The second kappa shape index (κ2) is 5.26. The third-order valence-electron chi connectivity index (χ3n) is 4.48. The fourth-order valence-electron chi connectivity index (χ4n) is 2.77. The minimum absolute atomic E-state index is 0.127. The summed E-state index contributed by atoms with van der Waals surface area (Å²) in [6, 6.07) is 6.69. The number of hydrogen-bond donors (Lipinski definition) is 2. The zero-order chi connectivity index (χ0) is 14.1. The molecule has 19 heavy (non-hydrogen) atoms. The van der Waals surface area contributed by atoms with E-state index in [2.05, 4.69) is 51.2 Å². The first-order valence-electron chi connectivity index (χ1n) is 7.28. The molecule has 0 saturated heterocycles. The van der Waals surface area contributed by atoms with Crippen LogP contribution < -0.4 is 5.32 Å². The van der Waals surface area contributed by atoms with Crippen molar-refractivity contribution < 1.29 is 5.11 Å². The van der Waals surface area contributed by atoms with Crippen LogP contribution in [0.1, 0.15) is 43.4 Å². The van der Waals surface area contributed by atoms with E-state index in [1.165, 1.54) is 29.5 Å². The lowest BCUT2D eigenvalue weighted by molar-refractivity contribution is 0.205. The van der Waals surface area contributed by atoms with Gasteiger partial charge in [0.2, 0.25) is 0 Å². The Labute approximate surface area is 117 Å². The maximum Gasteiger partial charge on any atom is 0.0499 e. The van der Waals surface area contributed by atoms with Crippen molar-refractivity contribution in [2.75, 3.05) is 19.7 Å². The molecule has 0 atom stereocenters. The van der Waals surface area contributed by atoms with E-state index < -0.39 is 0 Å². The molecule has 2 heteroatoms. The Morgan fingerprint density at radius 3 is 2.53 bits per heavy atom. The zero-order valence-corrected chi connectivity index (χ0v) is 12.7. The van der Waals surface area contributed by atoms with E-state index in [-0.39, 0.29) is 10.8 Å². The van der Waals surface area contributed by atoms with Crippen molar-refractivity contribution >= 4 is 0 Å². The number of aliphatic hydroxyl groups is 1. The fraction of sp³-hybridized carbons (Fsp3) is 0.647. The smallest absolute Gasteiger partial charge is 0.0499 e. The molecule has 0 aliphatic heterocycles. The molecule has 1 aromatic carbocycles. The van der Waals surface area contributed by atoms with Crippen LogP contribution in [0.4, 0.5) is 0 Å². The van der Waals surface area contributed by atoms with Gasteiger partial charge in [0.15, 0.2) is 0 Å². The summed E-state index contributed by atoms with van der Waals surface area (Å²) in [6.45, 7) is 11.1. The van der Waals surface area contributed by atoms with E-state index in [4.69, 9.17) is 0 Å². The Balaban J connectivity index is 1.99. The molecule has 1 saturated carbocycles. The minimum atomic E-state index is 0.127. The van der Waals surface area contributed by atoms with E-state index in [9.17, 15) is 5.11 Å². The second-order valence-electron chi connectivity index (χ2n) is 6.96. The highest BCUT2D eigenvalue weighted by Crippen LogP contribution is 2.44. The lowest BCUT2D eigenvalue weighted by atomic mass is 9.81. The number of benzene rings is 1. The van der Waals surface area contributed by atoms with Gasteiger partial charge in [-0.25, -0.2) is 0 Å². The standard InChI is InChI=1S/C17H27NO/c1-13-5-6-14(2)15(9-13)16(3,4)10-18-11-17(12-19)7-8-17/h5-6,9,18-19H,7-8,10-12H2,1-4H3. The Kier molecular flexibility index (Phi) is 4.03. The first-order valence-corrected chi connectivity index (χ1v) is 7.28. The summed E-state index contributed by atoms with van der Waals surface area (Å²) in [5.41, 5.74) is 4.43. The molecule has 0 aromatic heterocycles. The van der Waals surface area contributed by atoms with Crippen molar-refractivity contribution in [2.45, 2.75) is 46.0 Å². The average Bonchev–Trinajstić information content (AvgIpc) is 3.12. The molecule has 0 radical (unpaired) electrons. The first kappa shape index (κ1) is 14.5. The third kappa shape index (κ3) is 3.37. The van der Waals surface area contributed by atoms with E-state index in [0.29, 0.717) is 6.61 Å². The van der Waals surface area contributed by atoms with Crippen molar-refractivity contribution in [2.24, 2.45) is 5.41 Å². The van der Waals surface area contributed by atoms with E-state index in [0.717, 1.165) is 13.1 Å². The predicted octanol–water partition coefficient (Wildman–Crippen LogP) is 2.94. The van der Waals surface area contributed by atoms with Crippen LogP contribution in [0.2, 0.25) is 0 Å².